The molecule has 0 aromatic heterocycles. The zero-order valence-electron chi connectivity index (χ0n) is 6.77. The Morgan fingerprint density at radius 1 is 1.33 bits per heavy atom. The number of benzene rings is 1. The molecule has 0 bridgehead atoms. The highest BCUT2D eigenvalue weighted by molar-refractivity contribution is 5.25. The second kappa shape index (κ2) is 4.04. The minimum Gasteiger partial charge on any atom is -0.392 e. The molecule has 12 heavy (non-hydrogen) atoms. The molecule has 1 aromatic carbocycles. The van der Waals surface area contributed by atoms with E-state index in [4.69, 9.17) is 5.11 Å². The number of hydrogen-bond donors (Lipinski definition) is 2. The molecule has 0 heterocycles. The summed E-state index contributed by atoms with van der Waals surface area (Å²) in [6.45, 7) is 3.51. The lowest BCUT2D eigenvalue weighted by Gasteiger charge is -2.05. The van der Waals surface area contributed by atoms with Gasteiger partial charge in [0.1, 0.15) is 0 Å². The average Bonchev–Trinajstić information content (AvgIpc) is 2.17. The van der Waals surface area contributed by atoms with Crippen molar-refractivity contribution in [3.63, 3.8) is 0 Å². The second-order valence-electron chi connectivity index (χ2n) is 2.58. The molecule has 2 heteroatoms. The first kappa shape index (κ1) is 8.97. The molecule has 0 aliphatic heterocycles. The van der Waals surface area contributed by atoms with Gasteiger partial charge < -0.3 is 10.2 Å². The third-order valence-electron chi connectivity index (χ3n) is 1.73. The van der Waals surface area contributed by atoms with E-state index in [1.54, 1.807) is 24.3 Å². The van der Waals surface area contributed by atoms with Gasteiger partial charge in [-0.2, -0.15) is 0 Å². The van der Waals surface area contributed by atoms with Crippen LogP contribution < -0.4 is 0 Å². The molecule has 1 atom stereocenters. The van der Waals surface area contributed by atoms with Crippen molar-refractivity contribution >= 4 is 0 Å². The van der Waals surface area contributed by atoms with Crippen LogP contribution in [-0.4, -0.2) is 10.2 Å². The molecule has 0 spiro atoms. The smallest absolute Gasteiger partial charge is 0.0969 e. The molecule has 1 aromatic rings. The summed E-state index contributed by atoms with van der Waals surface area (Å²) in [5.74, 6) is 0. The molecule has 0 saturated carbocycles. The maximum Gasteiger partial charge on any atom is 0.0969 e. The van der Waals surface area contributed by atoms with Gasteiger partial charge in [0.2, 0.25) is 0 Å². The minimum absolute atomic E-state index is 0.0322. The van der Waals surface area contributed by atoms with Crippen LogP contribution in [0.3, 0.4) is 0 Å². The Hall–Kier alpha value is -1.12. The van der Waals surface area contributed by atoms with Gasteiger partial charge in [0.15, 0.2) is 0 Å². The predicted molar refractivity (Wildman–Crippen MR) is 47.5 cm³/mol. The van der Waals surface area contributed by atoms with Crippen molar-refractivity contribution in [2.45, 2.75) is 12.7 Å². The zero-order valence-corrected chi connectivity index (χ0v) is 6.77. The number of hydrogen-bond acceptors (Lipinski definition) is 2. The Kier molecular flexibility index (Phi) is 3.02. The molecule has 2 N–H and O–H groups in total. The summed E-state index contributed by atoms with van der Waals surface area (Å²) < 4.78 is 0. The normalized spacial score (nSPS) is 12.5. The quantitative estimate of drug-likeness (QED) is 0.663. The summed E-state index contributed by atoms with van der Waals surface area (Å²) in [6.07, 6.45) is 0.853. The maximum atomic E-state index is 9.31. The minimum atomic E-state index is -0.613. The predicted octanol–water partition coefficient (Wildman–Crippen LogP) is 1.40. The van der Waals surface area contributed by atoms with E-state index in [0.29, 0.717) is 0 Å². The van der Waals surface area contributed by atoms with Crippen molar-refractivity contribution in [3.8, 4) is 0 Å². The van der Waals surface area contributed by atoms with Crippen molar-refractivity contribution in [2.24, 2.45) is 0 Å². The van der Waals surface area contributed by atoms with Crippen LogP contribution in [0.2, 0.25) is 0 Å². The standard InChI is InChI=1S/C10H12O2/c1-2-10(12)9-5-3-8(7-11)4-6-9/h2-6,10-12H,1,7H2. The fourth-order valence-corrected chi connectivity index (χ4v) is 0.956. The van der Waals surface area contributed by atoms with E-state index in [1.807, 2.05) is 0 Å². The number of rotatable bonds is 3. The highest BCUT2D eigenvalue weighted by Crippen LogP contribution is 2.13. The van der Waals surface area contributed by atoms with Crippen LogP contribution in [-0.2, 0) is 6.61 Å². The van der Waals surface area contributed by atoms with E-state index in [1.165, 1.54) is 6.08 Å². The molecule has 1 rings (SSSR count). The van der Waals surface area contributed by atoms with Gasteiger partial charge in [-0.15, -0.1) is 6.58 Å². The Bertz CT molecular complexity index is 251. The summed E-state index contributed by atoms with van der Waals surface area (Å²) in [7, 11) is 0. The molecular formula is C10H12O2. The van der Waals surface area contributed by atoms with E-state index in [-0.39, 0.29) is 6.61 Å². The third kappa shape index (κ3) is 1.94. The Morgan fingerprint density at radius 3 is 2.33 bits per heavy atom. The largest absolute Gasteiger partial charge is 0.392 e. The molecule has 0 aliphatic carbocycles. The Morgan fingerprint density at radius 2 is 1.92 bits per heavy atom. The number of aliphatic hydroxyl groups is 2. The van der Waals surface area contributed by atoms with Crippen LogP contribution in [0.1, 0.15) is 17.2 Å². The van der Waals surface area contributed by atoms with Gasteiger partial charge in [-0.05, 0) is 11.1 Å². The summed E-state index contributed by atoms with van der Waals surface area (Å²) in [5.41, 5.74) is 1.64. The van der Waals surface area contributed by atoms with Crippen molar-refractivity contribution in [2.75, 3.05) is 0 Å². The SMILES string of the molecule is C=CC(O)c1ccc(CO)cc1. The molecule has 2 nitrogen and oxygen atoms in total. The molecule has 1 unspecified atom stereocenters. The van der Waals surface area contributed by atoms with Crippen molar-refractivity contribution in [1.82, 2.24) is 0 Å². The lowest BCUT2D eigenvalue weighted by Crippen LogP contribution is -1.92. The van der Waals surface area contributed by atoms with E-state index >= 15 is 0 Å². The molecule has 64 valence electrons. The molecule has 0 amide bonds. The van der Waals surface area contributed by atoms with Gasteiger partial charge >= 0.3 is 0 Å². The third-order valence-corrected chi connectivity index (χ3v) is 1.73. The average molecular weight is 164 g/mol. The highest BCUT2D eigenvalue weighted by Gasteiger charge is 2.00. The molecule has 0 aliphatic rings. The summed E-state index contributed by atoms with van der Waals surface area (Å²) in [6, 6.07) is 7.11. The lowest BCUT2D eigenvalue weighted by molar-refractivity contribution is 0.229. The van der Waals surface area contributed by atoms with E-state index < -0.39 is 6.10 Å². The van der Waals surface area contributed by atoms with Crippen LogP contribution >= 0.6 is 0 Å². The molecular weight excluding hydrogens is 152 g/mol. The first-order chi connectivity index (χ1) is 5.77. The topological polar surface area (TPSA) is 40.5 Å². The van der Waals surface area contributed by atoms with Gasteiger partial charge in [0.05, 0.1) is 12.7 Å². The Labute approximate surface area is 71.8 Å². The van der Waals surface area contributed by atoms with Crippen LogP contribution in [0.15, 0.2) is 36.9 Å². The molecule has 0 saturated heterocycles. The monoisotopic (exact) mass is 164 g/mol. The van der Waals surface area contributed by atoms with Crippen LogP contribution in [0.4, 0.5) is 0 Å². The summed E-state index contributed by atoms with van der Waals surface area (Å²) >= 11 is 0. The fourth-order valence-electron chi connectivity index (χ4n) is 0.956. The van der Waals surface area contributed by atoms with Gasteiger partial charge in [-0.25, -0.2) is 0 Å². The zero-order chi connectivity index (χ0) is 8.97. The van der Waals surface area contributed by atoms with E-state index in [9.17, 15) is 5.11 Å². The van der Waals surface area contributed by atoms with E-state index in [2.05, 4.69) is 6.58 Å². The summed E-state index contributed by atoms with van der Waals surface area (Å²) in [5, 5.41) is 18.1. The molecule has 0 radical (unpaired) electrons. The number of aliphatic hydroxyl groups excluding tert-OH is 2. The molecule has 0 fully saturated rings. The maximum absolute atomic E-state index is 9.31. The van der Waals surface area contributed by atoms with Crippen LogP contribution in [0, 0.1) is 0 Å². The Balaban J connectivity index is 2.84. The van der Waals surface area contributed by atoms with Crippen molar-refractivity contribution in [3.05, 3.63) is 48.0 Å². The van der Waals surface area contributed by atoms with Crippen molar-refractivity contribution in [1.29, 1.82) is 0 Å². The second-order valence-corrected chi connectivity index (χ2v) is 2.58. The van der Waals surface area contributed by atoms with Crippen LogP contribution in [0.25, 0.3) is 0 Å². The summed E-state index contributed by atoms with van der Waals surface area (Å²) in [4.78, 5) is 0. The first-order valence-electron chi connectivity index (χ1n) is 3.78. The first-order valence-corrected chi connectivity index (χ1v) is 3.78. The van der Waals surface area contributed by atoms with E-state index in [0.717, 1.165) is 11.1 Å². The lowest BCUT2D eigenvalue weighted by atomic mass is 10.1. The van der Waals surface area contributed by atoms with Gasteiger partial charge in [-0.3, -0.25) is 0 Å². The highest BCUT2D eigenvalue weighted by atomic mass is 16.3. The van der Waals surface area contributed by atoms with Gasteiger partial charge in [0, 0.05) is 0 Å². The fraction of sp³-hybridized carbons (Fsp3) is 0.200. The van der Waals surface area contributed by atoms with Gasteiger partial charge in [0.25, 0.3) is 0 Å². The van der Waals surface area contributed by atoms with Gasteiger partial charge in [-0.1, -0.05) is 30.3 Å². The van der Waals surface area contributed by atoms with Crippen LogP contribution in [0.5, 0.6) is 0 Å². The van der Waals surface area contributed by atoms with Crippen molar-refractivity contribution < 1.29 is 10.2 Å².